The molecule has 0 radical (unpaired) electrons. The lowest BCUT2D eigenvalue weighted by Gasteiger charge is -2.22. The first kappa shape index (κ1) is 15.6. The predicted molar refractivity (Wildman–Crippen MR) is 98.8 cm³/mol. The number of fused-ring (bicyclic) bond motifs is 3. The van der Waals surface area contributed by atoms with E-state index in [0.717, 1.165) is 36.0 Å². The summed E-state index contributed by atoms with van der Waals surface area (Å²) in [6.07, 6.45) is 2.94. The van der Waals surface area contributed by atoms with Crippen molar-refractivity contribution in [3.63, 3.8) is 0 Å². The summed E-state index contributed by atoms with van der Waals surface area (Å²) in [5, 5.41) is 8.92. The van der Waals surface area contributed by atoms with Gasteiger partial charge >= 0.3 is 0 Å². The molecule has 1 aliphatic carbocycles. The van der Waals surface area contributed by atoms with E-state index >= 15 is 0 Å². The van der Waals surface area contributed by atoms with Crippen LogP contribution in [0.3, 0.4) is 0 Å². The Morgan fingerprint density at radius 2 is 1.60 bits per heavy atom. The third kappa shape index (κ3) is 2.72. The van der Waals surface area contributed by atoms with Crippen LogP contribution in [-0.4, -0.2) is 0 Å². The molecule has 0 bridgehead atoms. The van der Waals surface area contributed by atoms with Crippen LogP contribution in [0.4, 0.5) is 4.39 Å². The second-order valence-electron chi connectivity index (χ2n) is 6.52. The van der Waals surface area contributed by atoms with E-state index in [9.17, 15) is 4.39 Å². The van der Waals surface area contributed by atoms with Gasteiger partial charge in [0.2, 0.25) is 0 Å². The minimum absolute atomic E-state index is 0.212. The molecule has 3 aromatic rings. The Kier molecular flexibility index (Phi) is 3.86. The fraction of sp³-hybridized carbons (Fsp3) is 0.174. The average molecular weight is 327 g/mol. The monoisotopic (exact) mass is 327 g/mol. The number of benzene rings is 3. The first-order chi connectivity index (χ1) is 12.2. The minimum Gasteiger partial charge on any atom is -0.206 e. The number of aryl methyl sites for hydroxylation is 3. The maximum atomic E-state index is 14.8. The number of halogens is 1. The molecule has 0 aliphatic heterocycles. The second kappa shape index (κ2) is 6.18. The maximum absolute atomic E-state index is 14.8. The summed E-state index contributed by atoms with van der Waals surface area (Å²) >= 11 is 0. The van der Waals surface area contributed by atoms with Gasteiger partial charge in [0.1, 0.15) is 5.82 Å². The van der Waals surface area contributed by atoms with Crippen LogP contribution in [0.25, 0.3) is 22.3 Å². The first-order valence-corrected chi connectivity index (χ1v) is 8.64. The molecule has 0 amide bonds. The summed E-state index contributed by atoms with van der Waals surface area (Å²) in [4.78, 5) is 0. The summed E-state index contributed by atoms with van der Waals surface area (Å²) in [6, 6.07) is 19.4. The van der Waals surface area contributed by atoms with E-state index in [0.29, 0.717) is 11.1 Å². The van der Waals surface area contributed by atoms with Crippen LogP contribution < -0.4 is 0 Å². The molecule has 0 saturated carbocycles. The van der Waals surface area contributed by atoms with Crippen LogP contribution in [0.2, 0.25) is 0 Å². The molecule has 0 saturated heterocycles. The normalized spacial score (nSPS) is 12.2. The van der Waals surface area contributed by atoms with Gasteiger partial charge in [-0.1, -0.05) is 37.3 Å². The summed E-state index contributed by atoms with van der Waals surface area (Å²) < 4.78 is 14.8. The van der Waals surface area contributed by atoms with Gasteiger partial charge in [0.15, 0.2) is 0 Å². The van der Waals surface area contributed by atoms with E-state index in [1.165, 1.54) is 16.7 Å². The molecule has 122 valence electrons. The molecule has 0 atom stereocenters. The quantitative estimate of drug-likeness (QED) is 0.593. The highest BCUT2D eigenvalue weighted by Gasteiger charge is 2.19. The summed E-state index contributed by atoms with van der Waals surface area (Å²) in [5.41, 5.74) is 8.01. The molecular weight excluding hydrogens is 309 g/mol. The van der Waals surface area contributed by atoms with Crippen LogP contribution in [-0.2, 0) is 19.3 Å². The smallest absolute Gasteiger partial charge is 0.131 e. The third-order valence-electron chi connectivity index (χ3n) is 5.05. The van der Waals surface area contributed by atoms with Crippen molar-refractivity contribution in [2.45, 2.75) is 26.2 Å². The molecule has 1 aliphatic rings. The Hall–Kier alpha value is -2.92. The lowest BCUT2D eigenvalue weighted by Crippen LogP contribution is -2.06. The molecule has 3 aromatic carbocycles. The highest BCUT2D eigenvalue weighted by molar-refractivity contribution is 5.78. The molecule has 25 heavy (non-hydrogen) atoms. The summed E-state index contributed by atoms with van der Waals surface area (Å²) in [7, 11) is 0. The van der Waals surface area contributed by atoms with Crippen LogP contribution in [0.5, 0.6) is 0 Å². The number of nitriles is 1. The average Bonchev–Trinajstić information content (AvgIpc) is 2.67. The van der Waals surface area contributed by atoms with Gasteiger partial charge in [-0.25, -0.2) is 4.39 Å². The van der Waals surface area contributed by atoms with E-state index < -0.39 is 0 Å². The van der Waals surface area contributed by atoms with Crippen molar-refractivity contribution in [1.82, 2.24) is 0 Å². The molecule has 0 unspecified atom stereocenters. The minimum atomic E-state index is -0.212. The fourth-order valence-corrected chi connectivity index (χ4v) is 3.63. The first-order valence-electron chi connectivity index (χ1n) is 8.64. The van der Waals surface area contributed by atoms with E-state index in [4.69, 9.17) is 5.26 Å². The largest absolute Gasteiger partial charge is 0.206 e. The number of hydrogen-bond acceptors (Lipinski definition) is 1. The van der Waals surface area contributed by atoms with Gasteiger partial charge in [-0.3, -0.25) is 0 Å². The van der Waals surface area contributed by atoms with Gasteiger partial charge in [-0.05, 0) is 76.9 Å². The van der Waals surface area contributed by atoms with Crippen LogP contribution in [0.1, 0.15) is 29.2 Å². The lowest BCUT2D eigenvalue weighted by atomic mass is 9.83. The number of hydrogen-bond donors (Lipinski definition) is 0. The van der Waals surface area contributed by atoms with Gasteiger partial charge < -0.3 is 0 Å². The highest BCUT2D eigenvalue weighted by Crippen LogP contribution is 2.37. The summed E-state index contributed by atoms with van der Waals surface area (Å²) in [5.74, 6) is -0.212. The van der Waals surface area contributed by atoms with Crippen molar-refractivity contribution in [2.75, 3.05) is 0 Å². The van der Waals surface area contributed by atoms with Crippen LogP contribution >= 0.6 is 0 Å². The van der Waals surface area contributed by atoms with Gasteiger partial charge in [-0.15, -0.1) is 0 Å². The Morgan fingerprint density at radius 3 is 2.28 bits per heavy atom. The van der Waals surface area contributed by atoms with Crippen molar-refractivity contribution < 1.29 is 4.39 Å². The highest BCUT2D eigenvalue weighted by atomic mass is 19.1. The molecule has 0 fully saturated rings. The summed E-state index contributed by atoms with van der Waals surface area (Å²) in [6.45, 7) is 2.15. The molecule has 1 nitrogen and oxygen atoms in total. The van der Waals surface area contributed by atoms with Crippen molar-refractivity contribution >= 4 is 0 Å². The zero-order valence-corrected chi connectivity index (χ0v) is 14.1. The van der Waals surface area contributed by atoms with Crippen molar-refractivity contribution in [2.24, 2.45) is 0 Å². The third-order valence-corrected chi connectivity index (χ3v) is 5.05. The van der Waals surface area contributed by atoms with E-state index in [-0.39, 0.29) is 5.82 Å². The predicted octanol–water partition coefficient (Wildman–Crippen LogP) is 5.69. The number of nitrogens with zero attached hydrogens (tertiary/aromatic N) is 1. The van der Waals surface area contributed by atoms with Crippen LogP contribution in [0.15, 0.2) is 54.6 Å². The molecule has 2 heteroatoms. The SMILES string of the molecule is CCc1ccc2c(c1)CCc1cc(-c3ccc(C#N)cc3)c(F)cc1-2. The van der Waals surface area contributed by atoms with Crippen molar-refractivity contribution in [3.8, 4) is 28.3 Å². The van der Waals surface area contributed by atoms with Crippen molar-refractivity contribution in [3.05, 3.63) is 82.7 Å². The fourth-order valence-electron chi connectivity index (χ4n) is 3.63. The van der Waals surface area contributed by atoms with Crippen molar-refractivity contribution in [1.29, 1.82) is 5.26 Å². The maximum Gasteiger partial charge on any atom is 0.131 e. The molecule has 0 spiro atoms. The molecule has 0 heterocycles. The van der Waals surface area contributed by atoms with Crippen LogP contribution in [0, 0.1) is 17.1 Å². The van der Waals surface area contributed by atoms with Gasteiger partial charge in [-0.2, -0.15) is 5.26 Å². The van der Waals surface area contributed by atoms with E-state index in [1.54, 1.807) is 18.2 Å². The topological polar surface area (TPSA) is 23.8 Å². The van der Waals surface area contributed by atoms with E-state index in [2.05, 4.69) is 31.2 Å². The Bertz CT molecular complexity index is 994. The Balaban J connectivity index is 1.81. The second-order valence-corrected chi connectivity index (χ2v) is 6.52. The Labute approximate surface area is 147 Å². The zero-order chi connectivity index (χ0) is 17.4. The molecule has 0 aromatic heterocycles. The van der Waals surface area contributed by atoms with E-state index in [1.807, 2.05) is 18.2 Å². The van der Waals surface area contributed by atoms with Gasteiger partial charge in [0.05, 0.1) is 11.6 Å². The molecule has 0 N–H and O–H groups in total. The lowest BCUT2D eigenvalue weighted by molar-refractivity contribution is 0.630. The zero-order valence-electron chi connectivity index (χ0n) is 14.1. The molecule has 4 rings (SSSR count). The number of rotatable bonds is 2. The molecular formula is C23H18FN. The van der Waals surface area contributed by atoms with Gasteiger partial charge in [0, 0.05) is 5.56 Å². The van der Waals surface area contributed by atoms with Gasteiger partial charge in [0.25, 0.3) is 0 Å². The standard InChI is InChI=1S/C23H18FN/c1-2-15-5-10-20-18(11-15)8-9-19-12-22(23(24)13-21(19)20)17-6-3-16(14-25)4-7-17/h3-7,10-13H,2,8-9H2,1H3. The Morgan fingerprint density at radius 1 is 0.880 bits per heavy atom.